The van der Waals surface area contributed by atoms with E-state index in [1.807, 2.05) is 20.8 Å². The van der Waals surface area contributed by atoms with E-state index in [2.05, 4.69) is 5.32 Å². The van der Waals surface area contributed by atoms with Gasteiger partial charge in [-0.1, -0.05) is 11.6 Å². The zero-order chi connectivity index (χ0) is 17.0. The van der Waals surface area contributed by atoms with E-state index in [0.29, 0.717) is 13.1 Å². The fourth-order valence-corrected chi connectivity index (χ4v) is 2.75. The summed E-state index contributed by atoms with van der Waals surface area (Å²) in [6.45, 7) is 6.93. The van der Waals surface area contributed by atoms with E-state index in [1.54, 1.807) is 17.0 Å². The molecule has 1 unspecified atom stereocenters. The Morgan fingerprint density at radius 1 is 1.35 bits per heavy atom. The van der Waals surface area contributed by atoms with Crippen molar-refractivity contribution < 1.29 is 13.9 Å². The number of benzene rings is 1. The zero-order valence-electron chi connectivity index (χ0n) is 13.9. The molecular formula is C17H24ClFN2O2. The Kier molecular flexibility index (Phi) is 5.74. The Labute approximate surface area is 141 Å². The number of anilines is 1. The van der Waals surface area contributed by atoms with Gasteiger partial charge in [-0.05, 0) is 58.2 Å². The molecule has 0 bridgehead atoms. The molecule has 1 saturated heterocycles. The summed E-state index contributed by atoms with van der Waals surface area (Å²) >= 11 is 5.81. The molecular weight excluding hydrogens is 319 g/mol. The van der Waals surface area contributed by atoms with Crippen LogP contribution in [0.25, 0.3) is 0 Å². The van der Waals surface area contributed by atoms with Crippen LogP contribution in [0.2, 0.25) is 5.02 Å². The SMILES string of the molecule is CC(C)(C)OC(=O)N1CCCC(Nc2ccc(F)c(Cl)c2)CC1. The predicted molar refractivity (Wildman–Crippen MR) is 90.5 cm³/mol. The minimum absolute atomic E-state index is 0.110. The molecule has 0 spiro atoms. The van der Waals surface area contributed by atoms with Gasteiger partial charge >= 0.3 is 6.09 Å². The van der Waals surface area contributed by atoms with Crippen molar-refractivity contribution in [3.63, 3.8) is 0 Å². The van der Waals surface area contributed by atoms with E-state index < -0.39 is 11.4 Å². The minimum Gasteiger partial charge on any atom is -0.444 e. The third-order valence-corrected chi connectivity index (χ3v) is 3.96. The Bertz CT molecular complexity index is 560. The molecule has 1 aliphatic rings. The molecule has 1 atom stereocenters. The maximum absolute atomic E-state index is 13.2. The van der Waals surface area contributed by atoms with Crippen molar-refractivity contribution in [1.29, 1.82) is 0 Å². The number of likely N-dealkylation sites (tertiary alicyclic amines) is 1. The Morgan fingerprint density at radius 3 is 2.74 bits per heavy atom. The van der Waals surface area contributed by atoms with Gasteiger partial charge in [-0.3, -0.25) is 0 Å². The lowest BCUT2D eigenvalue weighted by Crippen LogP contribution is -2.37. The van der Waals surface area contributed by atoms with Gasteiger partial charge in [0.2, 0.25) is 0 Å². The molecule has 1 fully saturated rings. The molecule has 128 valence electrons. The fraction of sp³-hybridized carbons (Fsp3) is 0.588. The molecule has 1 aromatic carbocycles. The Hall–Kier alpha value is -1.49. The molecule has 6 heteroatoms. The molecule has 23 heavy (non-hydrogen) atoms. The van der Waals surface area contributed by atoms with E-state index in [-0.39, 0.29) is 17.2 Å². The topological polar surface area (TPSA) is 41.6 Å². The summed E-state index contributed by atoms with van der Waals surface area (Å²) < 4.78 is 18.6. The Morgan fingerprint density at radius 2 is 2.09 bits per heavy atom. The zero-order valence-corrected chi connectivity index (χ0v) is 14.6. The first-order chi connectivity index (χ1) is 10.7. The lowest BCUT2D eigenvalue weighted by atomic mass is 10.1. The summed E-state index contributed by atoms with van der Waals surface area (Å²) in [6, 6.07) is 4.85. The van der Waals surface area contributed by atoms with Crippen LogP contribution in [0.3, 0.4) is 0 Å². The number of halogens is 2. The summed E-state index contributed by atoms with van der Waals surface area (Å²) in [5.74, 6) is -0.422. The van der Waals surface area contributed by atoms with Gasteiger partial charge < -0.3 is 15.0 Å². The van der Waals surface area contributed by atoms with Crippen LogP contribution in [-0.4, -0.2) is 35.7 Å². The second-order valence-corrected chi connectivity index (χ2v) is 7.28. The third-order valence-electron chi connectivity index (χ3n) is 3.67. The predicted octanol–water partition coefficient (Wildman–Crippen LogP) is 4.68. The van der Waals surface area contributed by atoms with Gasteiger partial charge in [-0.15, -0.1) is 0 Å². The molecule has 0 saturated carbocycles. The molecule has 4 nitrogen and oxygen atoms in total. The number of rotatable bonds is 2. The summed E-state index contributed by atoms with van der Waals surface area (Å²) in [6.07, 6.45) is 2.39. The van der Waals surface area contributed by atoms with Crippen LogP contribution in [0, 0.1) is 5.82 Å². The maximum atomic E-state index is 13.2. The molecule has 1 heterocycles. The van der Waals surface area contributed by atoms with Crippen molar-refractivity contribution in [3.05, 3.63) is 29.0 Å². The molecule has 1 aromatic rings. The number of hydrogen-bond acceptors (Lipinski definition) is 3. The third kappa shape index (κ3) is 5.57. The van der Waals surface area contributed by atoms with Crippen LogP contribution in [0.5, 0.6) is 0 Å². The van der Waals surface area contributed by atoms with E-state index in [0.717, 1.165) is 24.9 Å². The van der Waals surface area contributed by atoms with Crippen LogP contribution in [-0.2, 0) is 4.74 Å². The smallest absolute Gasteiger partial charge is 0.410 e. The van der Waals surface area contributed by atoms with Crippen molar-refractivity contribution in [1.82, 2.24) is 4.90 Å². The van der Waals surface area contributed by atoms with Crippen LogP contribution in [0.15, 0.2) is 18.2 Å². The Balaban J connectivity index is 1.90. The van der Waals surface area contributed by atoms with Gasteiger partial charge in [0.15, 0.2) is 0 Å². The van der Waals surface area contributed by atoms with Crippen LogP contribution >= 0.6 is 11.6 Å². The van der Waals surface area contributed by atoms with E-state index in [1.165, 1.54) is 6.07 Å². The second-order valence-electron chi connectivity index (χ2n) is 6.87. The average molecular weight is 343 g/mol. The summed E-state index contributed by atoms with van der Waals surface area (Å²) in [7, 11) is 0. The standard InChI is InChI=1S/C17H24ClFN2O2/c1-17(2,3)23-16(22)21-9-4-5-12(8-10-21)20-13-6-7-15(19)14(18)11-13/h6-7,11-12,20H,4-5,8-10H2,1-3H3. The number of hydrogen-bond donors (Lipinski definition) is 1. The number of nitrogens with one attached hydrogen (secondary N) is 1. The van der Waals surface area contributed by atoms with Gasteiger partial charge in [-0.25, -0.2) is 9.18 Å². The highest BCUT2D eigenvalue weighted by atomic mass is 35.5. The largest absolute Gasteiger partial charge is 0.444 e. The fourth-order valence-electron chi connectivity index (χ4n) is 2.57. The summed E-state index contributed by atoms with van der Waals surface area (Å²) in [5.41, 5.74) is 0.318. The summed E-state index contributed by atoms with van der Waals surface area (Å²) in [4.78, 5) is 13.9. The van der Waals surface area contributed by atoms with Crippen LogP contribution < -0.4 is 5.32 Å². The van der Waals surface area contributed by atoms with E-state index in [4.69, 9.17) is 16.3 Å². The van der Waals surface area contributed by atoms with Crippen molar-refractivity contribution >= 4 is 23.4 Å². The normalized spacial score (nSPS) is 19.2. The van der Waals surface area contributed by atoms with Crippen molar-refractivity contribution in [2.45, 2.75) is 51.7 Å². The number of nitrogens with zero attached hydrogens (tertiary/aromatic N) is 1. The van der Waals surface area contributed by atoms with Gasteiger partial charge in [0, 0.05) is 24.8 Å². The molecule has 1 aliphatic heterocycles. The molecule has 0 aliphatic carbocycles. The molecule has 2 rings (SSSR count). The quantitative estimate of drug-likeness (QED) is 0.848. The highest BCUT2D eigenvalue weighted by molar-refractivity contribution is 6.31. The average Bonchev–Trinajstić information content (AvgIpc) is 2.67. The first kappa shape index (κ1) is 17.9. The lowest BCUT2D eigenvalue weighted by Gasteiger charge is -2.26. The first-order valence-corrected chi connectivity index (χ1v) is 8.32. The van der Waals surface area contributed by atoms with E-state index in [9.17, 15) is 9.18 Å². The second kappa shape index (κ2) is 7.39. The van der Waals surface area contributed by atoms with E-state index >= 15 is 0 Å². The summed E-state index contributed by atoms with van der Waals surface area (Å²) in [5, 5.41) is 3.48. The van der Waals surface area contributed by atoms with Crippen molar-refractivity contribution in [3.8, 4) is 0 Å². The molecule has 1 amide bonds. The number of carbonyl (C=O) groups is 1. The highest BCUT2D eigenvalue weighted by Gasteiger charge is 2.25. The van der Waals surface area contributed by atoms with Gasteiger partial charge in [0.1, 0.15) is 11.4 Å². The van der Waals surface area contributed by atoms with Crippen LogP contribution in [0.1, 0.15) is 40.0 Å². The maximum Gasteiger partial charge on any atom is 0.410 e. The number of amides is 1. The van der Waals surface area contributed by atoms with Crippen molar-refractivity contribution in [2.24, 2.45) is 0 Å². The number of carbonyl (C=O) groups excluding carboxylic acids is 1. The first-order valence-electron chi connectivity index (χ1n) is 7.94. The van der Waals surface area contributed by atoms with Crippen LogP contribution in [0.4, 0.5) is 14.9 Å². The highest BCUT2D eigenvalue weighted by Crippen LogP contribution is 2.23. The number of ether oxygens (including phenoxy) is 1. The minimum atomic E-state index is -0.480. The van der Waals surface area contributed by atoms with Gasteiger partial charge in [0.05, 0.1) is 5.02 Å². The lowest BCUT2D eigenvalue weighted by molar-refractivity contribution is 0.0256. The van der Waals surface area contributed by atoms with Gasteiger partial charge in [0.25, 0.3) is 0 Å². The van der Waals surface area contributed by atoms with Crippen molar-refractivity contribution in [2.75, 3.05) is 18.4 Å². The molecule has 0 aromatic heterocycles. The van der Waals surface area contributed by atoms with Gasteiger partial charge in [-0.2, -0.15) is 0 Å². The monoisotopic (exact) mass is 342 g/mol. The molecule has 1 N–H and O–H groups in total. The molecule has 0 radical (unpaired) electrons.